The van der Waals surface area contributed by atoms with Gasteiger partial charge in [0.1, 0.15) is 5.75 Å². The largest absolute Gasteiger partial charge is 0.497 e. The highest BCUT2D eigenvalue weighted by Crippen LogP contribution is 2.22. The molecule has 0 radical (unpaired) electrons. The third-order valence-corrected chi connectivity index (χ3v) is 2.83. The number of nitrogens with two attached hydrogens (primary N) is 1. The van der Waals surface area contributed by atoms with Crippen molar-refractivity contribution in [3.63, 3.8) is 0 Å². The Morgan fingerprint density at radius 1 is 1.29 bits per heavy atom. The van der Waals surface area contributed by atoms with E-state index in [9.17, 15) is 0 Å². The van der Waals surface area contributed by atoms with Gasteiger partial charge in [0.25, 0.3) is 0 Å². The van der Waals surface area contributed by atoms with E-state index in [1.165, 1.54) is 0 Å². The number of ether oxygens (including phenoxy) is 1. The predicted octanol–water partition coefficient (Wildman–Crippen LogP) is 1.79. The molecule has 0 bridgehead atoms. The molecule has 0 aliphatic heterocycles. The average molecular weight is 231 g/mol. The summed E-state index contributed by atoms with van der Waals surface area (Å²) >= 11 is 0. The lowest BCUT2D eigenvalue weighted by Gasteiger charge is -2.12. The molecule has 1 unspecified atom stereocenters. The predicted molar refractivity (Wildman–Crippen MR) is 67.0 cm³/mol. The van der Waals surface area contributed by atoms with Crippen LogP contribution in [0.2, 0.25) is 0 Å². The summed E-state index contributed by atoms with van der Waals surface area (Å²) in [4.78, 5) is 0. The minimum atomic E-state index is -0.160. The third-order valence-electron chi connectivity index (χ3n) is 2.83. The van der Waals surface area contributed by atoms with Crippen LogP contribution in [0.3, 0.4) is 0 Å². The van der Waals surface area contributed by atoms with E-state index in [0.717, 1.165) is 22.7 Å². The molecule has 0 aliphatic rings. The molecule has 1 aromatic heterocycles. The van der Waals surface area contributed by atoms with Gasteiger partial charge in [-0.1, -0.05) is 12.1 Å². The van der Waals surface area contributed by atoms with Crippen LogP contribution in [0.1, 0.15) is 23.0 Å². The van der Waals surface area contributed by atoms with Gasteiger partial charge in [-0.25, -0.2) is 0 Å². The van der Waals surface area contributed by atoms with Crippen LogP contribution >= 0.6 is 0 Å². The highest BCUT2D eigenvalue weighted by Gasteiger charge is 2.13. The molecule has 2 aromatic rings. The molecule has 0 spiro atoms. The Morgan fingerprint density at radius 3 is 2.41 bits per heavy atom. The van der Waals surface area contributed by atoms with Crippen molar-refractivity contribution in [2.45, 2.75) is 13.0 Å². The smallest absolute Gasteiger partial charge is 0.118 e. The van der Waals surface area contributed by atoms with Gasteiger partial charge in [-0.05, 0) is 30.7 Å². The van der Waals surface area contributed by atoms with Crippen LogP contribution in [-0.2, 0) is 7.05 Å². The zero-order valence-electron chi connectivity index (χ0n) is 10.3. The molecule has 1 atom stereocenters. The fraction of sp³-hybridized carbons (Fsp3) is 0.308. The first-order valence-corrected chi connectivity index (χ1v) is 5.52. The van der Waals surface area contributed by atoms with Crippen LogP contribution in [0.4, 0.5) is 0 Å². The van der Waals surface area contributed by atoms with E-state index in [1.807, 2.05) is 49.0 Å². The molecule has 0 aliphatic carbocycles. The number of benzene rings is 1. The topological polar surface area (TPSA) is 53.1 Å². The summed E-state index contributed by atoms with van der Waals surface area (Å²) in [6, 6.07) is 9.63. The third kappa shape index (κ3) is 2.31. The molecule has 4 heteroatoms. The lowest BCUT2D eigenvalue weighted by Crippen LogP contribution is -2.15. The van der Waals surface area contributed by atoms with Crippen LogP contribution in [0.25, 0.3) is 0 Å². The van der Waals surface area contributed by atoms with Crippen molar-refractivity contribution >= 4 is 0 Å². The Kier molecular flexibility index (Phi) is 3.15. The highest BCUT2D eigenvalue weighted by molar-refractivity contribution is 5.33. The number of hydrogen-bond donors (Lipinski definition) is 1. The van der Waals surface area contributed by atoms with Crippen molar-refractivity contribution in [1.82, 2.24) is 9.78 Å². The van der Waals surface area contributed by atoms with Gasteiger partial charge in [-0.2, -0.15) is 5.10 Å². The van der Waals surface area contributed by atoms with E-state index in [2.05, 4.69) is 5.10 Å². The van der Waals surface area contributed by atoms with Crippen LogP contribution in [-0.4, -0.2) is 16.9 Å². The van der Waals surface area contributed by atoms with Crippen LogP contribution < -0.4 is 10.5 Å². The Hall–Kier alpha value is -1.81. The van der Waals surface area contributed by atoms with Crippen molar-refractivity contribution < 1.29 is 4.74 Å². The van der Waals surface area contributed by atoms with E-state index < -0.39 is 0 Å². The van der Waals surface area contributed by atoms with Gasteiger partial charge in [-0.3, -0.25) is 4.68 Å². The Bertz CT molecular complexity index is 502. The first kappa shape index (κ1) is 11.7. The number of aromatic nitrogens is 2. The monoisotopic (exact) mass is 231 g/mol. The Balaban J connectivity index is 2.30. The standard InChI is InChI=1S/C13H17N3O/c1-9-8-12(16(2)15-9)13(14)10-4-6-11(17-3)7-5-10/h4-8,13H,14H2,1-3H3. The fourth-order valence-corrected chi connectivity index (χ4v) is 1.90. The first-order chi connectivity index (χ1) is 8.11. The fourth-order valence-electron chi connectivity index (χ4n) is 1.90. The van der Waals surface area contributed by atoms with E-state index in [4.69, 9.17) is 10.5 Å². The normalized spacial score (nSPS) is 12.5. The molecule has 2 rings (SSSR count). The number of nitrogens with zero attached hydrogens (tertiary/aromatic N) is 2. The second-order valence-corrected chi connectivity index (χ2v) is 4.09. The number of methoxy groups -OCH3 is 1. The summed E-state index contributed by atoms with van der Waals surface area (Å²) < 4.78 is 6.95. The Labute approximate surface area is 101 Å². The maximum absolute atomic E-state index is 6.22. The number of rotatable bonds is 3. The molecular formula is C13H17N3O. The molecular weight excluding hydrogens is 214 g/mol. The molecule has 4 nitrogen and oxygen atoms in total. The summed E-state index contributed by atoms with van der Waals surface area (Å²) in [5.74, 6) is 0.835. The van der Waals surface area contributed by atoms with Crippen LogP contribution in [0.5, 0.6) is 5.75 Å². The minimum absolute atomic E-state index is 0.160. The summed E-state index contributed by atoms with van der Waals surface area (Å²) in [5, 5.41) is 4.30. The summed E-state index contributed by atoms with van der Waals surface area (Å²) in [7, 11) is 3.56. The molecule has 0 saturated heterocycles. The maximum atomic E-state index is 6.22. The molecule has 1 aromatic carbocycles. The van der Waals surface area contributed by atoms with Crippen molar-refractivity contribution in [1.29, 1.82) is 0 Å². The molecule has 0 amide bonds. The van der Waals surface area contributed by atoms with Gasteiger partial charge in [0.15, 0.2) is 0 Å². The molecule has 0 saturated carbocycles. The minimum Gasteiger partial charge on any atom is -0.497 e. The van der Waals surface area contributed by atoms with Crippen LogP contribution in [0, 0.1) is 6.92 Å². The van der Waals surface area contributed by atoms with Crippen molar-refractivity contribution in [2.75, 3.05) is 7.11 Å². The lowest BCUT2D eigenvalue weighted by atomic mass is 10.0. The van der Waals surface area contributed by atoms with Gasteiger partial charge in [0.2, 0.25) is 0 Å². The summed E-state index contributed by atoms with van der Waals surface area (Å²) in [6.45, 7) is 1.96. The Morgan fingerprint density at radius 2 is 1.94 bits per heavy atom. The van der Waals surface area contributed by atoms with Gasteiger partial charge in [0.05, 0.1) is 24.5 Å². The van der Waals surface area contributed by atoms with E-state index >= 15 is 0 Å². The maximum Gasteiger partial charge on any atom is 0.118 e. The summed E-state index contributed by atoms with van der Waals surface area (Å²) in [6.07, 6.45) is 0. The zero-order valence-corrected chi connectivity index (χ0v) is 10.3. The summed E-state index contributed by atoms with van der Waals surface area (Å²) in [5.41, 5.74) is 9.26. The van der Waals surface area contributed by atoms with Crippen molar-refractivity contribution in [3.05, 3.63) is 47.3 Å². The van der Waals surface area contributed by atoms with E-state index in [-0.39, 0.29) is 6.04 Å². The van der Waals surface area contributed by atoms with Crippen LogP contribution in [0.15, 0.2) is 30.3 Å². The second kappa shape index (κ2) is 4.59. The quantitative estimate of drug-likeness (QED) is 0.876. The van der Waals surface area contributed by atoms with E-state index in [0.29, 0.717) is 0 Å². The molecule has 2 N–H and O–H groups in total. The van der Waals surface area contributed by atoms with Gasteiger partial charge in [-0.15, -0.1) is 0 Å². The SMILES string of the molecule is COc1ccc(C(N)c2cc(C)nn2C)cc1. The van der Waals surface area contributed by atoms with Gasteiger partial charge >= 0.3 is 0 Å². The van der Waals surface area contributed by atoms with Crippen molar-refractivity contribution in [2.24, 2.45) is 12.8 Å². The molecule has 90 valence electrons. The number of hydrogen-bond acceptors (Lipinski definition) is 3. The molecule has 17 heavy (non-hydrogen) atoms. The molecule has 1 heterocycles. The first-order valence-electron chi connectivity index (χ1n) is 5.52. The zero-order chi connectivity index (χ0) is 12.4. The van der Waals surface area contributed by atoms with Gasteiger partial charge in [0, 0.05) is 7.05 Å². The second-order valence-electron chi connectivity index (χ2n) is 4.09. The lowest BCUT2D eigenvalue weighted by molar-refractivity contribution is 0.414. The van der Waals surface area contributed by atoms with E-state index in [1.54, 1.807) is 7.11 Å². The van der Waals surface area contributed by atoms with Gasteiger partial charge < -0.3 is 10.5 Å². The number of aryl methyl sites for hydroxylation is 2. The average Bonchev–Trinajstić information content (AvgIpc) is 2.68. The highest BCUT2D eigenvalue weighted by atomic mass is 16.5. The van der Waals surface area contributed by atoms with Crippen molar-refractivity contribution in [3.8, 4) is 5.75 Å². The molecule has 0 fully saturated rings.